The highest BCUT2D eigenvalue weighted by atomic mass is 35.7. The van der Waals surface area contributed by atoms with Crippen LogP contribution in [-0.2, 0) is 9.15 Å². The normalized spacial score (nSPS) is 13.6. The monoisotopic (exact) mass is 166 g/mol. The number of aromatic amines is 1. The molecular weight excluding hydrogens is 160 g/mol. The second kappa shape index (κ2) is 2.11. The number of nitrogens with zero attached hydrogens (tertiary/aromatic N) is 1. The Morgan fingerprint density at radius 2 is 2.56 bits per heavy atom. The Kier molecular flexibility index (Phi) is 1.59. The van der Waals surface area contributed by atoms with E-state index in [1.165, 1.54) is 18.8 Å². The van der Waals surface area contributed by atoms with Crippen molar-refractivity contribution in [1.82, 2.24) is 9.97 Å². The molecule has 0 saturated carbocycles. The van der Waals surface area contributed by atoms with Gasteiger partial charge in [-0.15, -0.1) is 0 Å². The lowest BCUT2D eigenvalue weighted by molar-refractivity contribution is 0.681. The SMILES string of the molecule is C[SH](=O)(Cl)c1c[nH]cn1. The average molecular weight is 167 g/mol. The lowest BCUT2D eigenvalue weighted by atomic mass is 11.0. The number of rotatable bonds is 1. The van der Waals surface area contributed by atoms with Crippen molar-refractivity contribution in [2.24, 2.45) is 0 Å². The van der Waals surface area contributed by atoms with Crippen molar-refractivity contribution in [3.8, 4) is 0 Å². The van der Waals surface area contributed by atoms with Gasteiger partial charge in [0.25, 0.3) is 0 Å². The molecule has 0 radical (unpaired) electrons. The van der Waals surface area contributed by atoms with Crippen LogP contribution in [-0.4, -0.2) is 20.4 Å². The van der Waals surface area contributed by atoms with Gasteiger partial charge < -0.3 is 4.98 Å². The molecule has 1 N–H and O–H groups in total. The number of aromatic nitrogens is 2. The van der Waals surface area contributed by atoms with Crippen molar-refractivity contribution in [2.45, 2.75) is 5.03 Å². The highest BCUT2D eigenvalue weighted by molar-refractivity contribution is 8.23. The second-order valence-corrected chi connectivity index (χ2v) is 5.78. The molecule has 3 nitrogen and oxygen atoms in total. The molecule has 0 bridgehead atoms. The molecule has 9 heavy (non-hydrogen) atoms. The van der Waals surface area contributed by atoms with Crippen LogP contribution in [0.5, 0.6) is 0 Å². The Labute approximate surface area is 58.4 Å². The molecule has 5 heteroatoms. The molecule has 0 aliphatic heterocycles. The van der Waals surface area contributed by atoms with Crippen molar-refractivity contribution < 1.29 is 4.21 Å². The van der Waals surface area contributed by atoms with E-state index in [1.54, 1.807) is 0 Å². The van der Waals surface area contributed by atoms with Crippen LogP contribution in [0.15, 0.2) is 17.6 Å². The summed E-state index contributed by atoms with van der Waals surface area (Å²) in [6.45, 7) is 0. The summed E-state index contributed by atoms with van der Waals surface area (Å²) in [4.78, 5) is 6.41. The van der Waals surface area contributed by atoms with Crippen molar-refractivity contribution >= 4 is 19.8 Å². The maximum absolute atomic E-state index is 11.0. The lowest BCUT2D eigenvalue weighted by Crippen LogP contribution is -1.98. The van der Waals surface area contributed by atoms with E-state index in [9.17, 15) is 4.21 Å². The van der Waals surface area contributed by atoms with E-state index >= 15 is 0 Å². The molecule has 0 spiro atoms. The Bertz CT molecular complexity index is 227. The molecule has 0 atom stereocenters. The second-order valence-electron chi connectivity index (χ2n) is 1.75. The predicted molar refractivity (Wildman–Crippen MR) is 38.2 cm³/mol. The zero-order valence-corrected chi connectivity index (χ0v) is 6.49. The fraction of sp³-hybridized carbons (Fsp3) is 0.250. The van der Waals surface area contributed by atoms with Gasteiger partial charge in [0, 0.05) is 21.6 Å². The van der Waals surface area contributed by atoms with E-state index < -0.39 is 9.15 Å². The molecule has 0 aromatic carbocycles. The molecule has 1 aromatic rings. The third kappa shape index (κ3) is 1.53. The minimum atomic E-state index is -2.64. The van der Waals surface area contributed by atoms with Gasteiger partial charge in [0.2, 0.25) is 0 Å². The molecule has 52 valence electrons. The van der Waals surface area contributed by atoms with Gasteiger partial charge in [0.15, 0.2) is 0 Å². The van der Waals surface area contributed by atoms with Gasteiger partial charge in [-0.25, -0.2) is 4.98 Å². The van der Waals surface area contributed by atoms with Gasteiger partial charge in [0.05, 0.1) is 6.33 Å². The zero-order chi connectivity index (χ0) is 6.91. The maximum atomic E-state index is 11.0. The van der Waals surface area contributed by atoms with Crippen molar-refractivity contribution in [1.29, 1.82) is 0 Å². The van der Waals surface area contributed by atoms with E-state index in [-0.39, 0.29) is 0 Å². The minimum absolute atomic E-state index is 0.434. The Morgan fingerprint density at radius 1 is 1.89 bits per heavy atom. The van der Waals surface area contributed by atoms with Crippen molar-refractivity contribution in [2.75, 3.05) is 6.26 Å². The molecule has 1 rings (SSSR count). The standard InChI is InChI=1S/C4H7ClN2OS/c1-9(5,8)4-2-6-3-7-4/h2-3,9H,1H3,(H,6,7). The van der Waals surface area contributed by atoms with Crippen LogP contribution in [0.4, 0.5) is 0 Å². The van der Waals surface area contributed by atoms with Crippen LogP contribution >= 0.6 is 10.7 Å². The third-order valence-electron chi connectivity index (χ3n) is 0.893. The fourth-order valence-corrected chi connectivity index (χ4v) is 1.32. The number of imidazole rings is 1. The van der Waals surface area contributed by atoms with E-state index in [4.69, 9.17) is 10.7 Å². The van der Waals surface area contributed by atoms with E-state index in [2.05, 4.69) is 9.97 Å². The summed E-state index contributed by atoms with van der Waals surface area (Å²) in [5.41, 5.74) is 0. The average Bonchev–Trinajstić information content (AvgIpc) is 2.08. The van der Waals surface area contributed by atoms with Crippen molar-refractivity contribution in [3.63, 3.8) is 0 Å². The summed E-state index contributed by atoms with van der Waals surface area (Å²) in [7, 11) is 2.83. The Balaban J connectivity index is 3.04. The van der Waals surface area contributed by atoms with Gasteiger partial charge in [0.1, 0.15) is 5.03 Å². The van der Waals surface area contributed by atoms with Gasteiger partial charge in [-0.2, -0.15) is 0 Å². The van der Waals surface area contributed by atoms with Crippen LogP contribution in [0.3, 0.4) is 0 Å². The van der Waals surface area contributed by atoms with Crippen LogP contribution < -0.4 is 0 Å². The van der Waals surface area contributed by atoms with Gasteiger partial charge in [-0.3, -0.25) is 4.21 Å². The van der Waals surface area contributed by atoms with E-state index in [0.29, 0.717) is 5.03 Å². The number of hydrogen-bond donors (Lipinski definition) is 2. The first-order valence-corrected chi connectivity index (χ1v) is 5.43. The molecule has 0 amide bonds. The molecule has 0 aliphatic carbocycles. The summed E-state index contributed by atoms with van der Waals surface area (Å²) in [6, 6.07) is 0. The topological polar surface area (TPSA) is 45.8 Å². The van der Waals surface area contributed by atoms with E-state index in [0.717, 1.165) is 0 Å². The number of thiol groups is 1. The van der Waals surface area contributed by atoms with Crippen LogP contribution in [0, 0.1) is 0 Å². The molecule has 0 fully saturated rings. The number of halogens is 1. The van der Waals surface area contributed by atoms with Crippen LogP contribution in [0.25, 0.3) is 0 Å². The number of hydrogen-bond acceptors (Lipinski definition) is 2. The molecule has 0 unspecified atom stereocenters. The fourth-order valence-electron chi connectivity index (χ4n) is 0.471. The van der Waals surface area contributed by atoms with Crippen LogP contribution in [0.2, 0.25) is 0 Å². The predicted octanol–water partition coefficient (Wildman–Crippen LogP) is 0.569. The first-order chi connectivity index (χ1) is 4.11. The molecule has 1 heterocycles. The smallest absolute Gasteiger partial charge is 0.133 e. The van der Waals surface area contributed by atoms with Gasteiger partial charge >= 0.3 is 0 Å². The first-order valence-electron chi connectivity index (χ1n) is 2.37. The Morgan fingerprint density at radius 3 is 2.78 bits per heavy atom. The number of nitrogens with one attached hydrogen (secondary N) is 1. The Hall–Kier alpha value is -0.350. The molecule has 0 aliphatic rings. The zero-order valence-electron chi connectivity index (χ0n) is 4.84. The third-order valence-corrected chi connectivity index (χ3v) is 2.48. The first kappa shape index (κ1) is 6.77. The summed E-state index contributed by atoms with van der Waals surface area (Å²) >= 11 is 0. The van der Waals surface area contributed by atoms with E-state index in [1.807, 2.05) is 0 Å². The highest BCUT2D eigenvalue weighted by Crippen LogP contribution is 2.15. The number of H-pyrrole nitrogens is 1. The van der Waals surface area contributed by atoms with Crippen molar-refractivity contribution in [3.05, 3.63) is 12.5 Å². The summed E-state index contributed by atoms with van der Waals surface area (Å²) < 4.78 is 11.0. The highest BCUT2D eigenvalue weighted by Gasteiger charge is 2.07. The molecular formula is C4H7ClN2OS. The quantitative estimate of drug-likeness (QED) is 0.473. The van der Waals surface area contributed by atoms with Crippen LogP contribution in [0.1, 0.15) is 0 Å². The minimum Gasteiger partial charge on any atom is -0.350 e. The maximum Gasteiger partial charge on any atom is 0.133 e. The summed E-state index contributed by atoms with van der Waals surface area (Å²) in [5.74, 6) is 0. The van der Waals surface area contributed by atoms with Gasteiger partial charge in [-0.1, -0.05) is 0 Å². The largest absolute Gasteiger partial charge is 0.350 e. The lowest BCUT2D eigenvalue weighted by Gasteiger charge is -2.02. The molecule has 1 aromatic heterocycles. The van der Waals surface area contributed by atoms with Gasteiger partial charge in [-0.05, 0) is 10.7 Å². The summed E-state index contributed by atoms with van der Waals surface area (Å²) in [5, 5.41) is 0.434. The molecule has 0 saturated heterocycles. The summed E-state index contributed by atoms with van der Waals surface area (Å²) in [6.07, 6.45) is 4.45.